The second-order valence-corrected chi connectivity index (χ2v) is 7.68. The summed E-state index contributed by atoms with van der Waals surface area (Å²) < 4.78 is 25.4. The van der Waals surface area contributed by atoms with Gasteiger partial charge in [-0.1, -0.05) is 0 Å². The molecular formula is C12H24NO13P. The van der Waals surface area contributed by atoms with Gasteiger partial charge < -0.3 is 60.7 Å². The number of hydrogen-bond donors (Lipinski definition) is 10. The van der Waals surface area contributed by atoms with E-state index in [2.05, 4.69) is 4.52 Å². The Bertz CT molecular complexity index is 531. The molecule has 2 aliphatic rings. The molecule has 160 valence electrons. The fraction of sp³-hybridized carbons (Fsp3) is 1.00. The third-order valence-corrected chi connectivity index (χ3v) is 5.00. The van der Waals surface area contributed by atoms with E-state index in [0.717, 1.165) is 0 Å². The maximum atomic E-state index is 10.8. The molecule has 0 aromatic heterocycles. The SMILES string of the molecule is N[C@H]1[C@@H](OC2[C@@H](O)[C@@H](O)C(O)[C@H](O)[C@H]2O)O[C@H](COP(=O)(O)O)[C@@H](O)[C@@H]1O. The Morgan fingerprint density at radius 1 is 0.815 bits per heavy atom. The first-order valence-corrected chi connectivity index (χ1v) is 9.41. The van der Waals surface area contributed by atoms with Crippen LogP contribution in [0.1, 0.15) is 0 Å². The van der Waals surface area contributed by atoms with E-state index in [1.54, 1.807) is 0 Å². The summed E-state index contributed by atoms with van der Waals surface area (Å²) in [7, 11) is -4.91. The van der Waals surface area contributed by atoms with Crippen molar-refractivity contribution in [2.24, 2.45) is 5.73 Å². The highest BCUT2D eigenvalue weighted by Crippen LogP contribution is 2.37. The maximum absolute atomic E-state index is 10.8. The molecule has 2 rings (SSSR count). The van der Waals surface area contributed by atoms with Gasteiger partial charge in [0, 0.05) is 0 Å². The lowest BCUT2D eigenvalue weighted by atomic mass is 9.84. The third-order valence-electron chi connectivity index (χ3n) is 4.52. The van der Waals surface area contributed by atoms with E-state index < -0.39 is 81.7 Å². The van der Waals surface area contributed by atoms with Crippen molar-refractivity contribution in [2.75, 3.05) is 6.61 Å². The number of nitrogens with two attached hydrogens (primary N) is 1. The monoisotopic (exact) mass is 421 g/mol. The van der Waals surface area contributed by atoms with Crippen molar-refractivity contribution >= 4 is 7.82 Å². The number of phosphoric ester groups is 1. The number of rotatable bonds is 5. The molecule has 0 bridgehead atoms. The molecule has 0 aromatic carbocycles. The standard InChI is InChI=1S/C12H24NO13P/c13-3-5(15)4(14)2(1-24-27(21,22)23)25-12(3)26-11-9(19)7(17)6(16)8(18)10(11)20/h2-12,14-20H,1,13H2,(H2,21,22,23)/t2-,3-,4-,5-,6?,7+,8+,9-,10+,11?,12-/m1/s1. The van der Waals surface area contributed by atoms with Crippen LogP contribution in [0.5, 0.6) is 0 Å². The molecule has 0 aromatic rings. The Morgan fingerprint density at radius 2 is 1.30 bits per heavy atom. The highest BCUT2D eigenvalue weighted by atomic mass is 31.2. The van der Waals surface area contributed by atoms with Crippen molar-refractivity contribution in [2.45, 2.75) is 67.3 Å². The summed E-state index contributed by atoms with van der Waals surface area (Å²) in [5, 5.41) is 68.7. The molecule has 15 heteroatoms. The molecule has 1 saturated heterocycles. The molecule has 0 radical (unpaired) electrons. The van der Waals surface area contributed by atoms with Crippen LogP contribution in [0.15, 0.2) is 0 Å². The van der Waals surface area contributed by atoms with Crippen molar-refractivity contribution < 1.29 is 64.1 Å². The van der Waals surface area contributed by atoms with E-state index in [0.29, 0.717) is 0 Å². The summed E-state index contributed by atoms with van der Waals surface area (Å²) in [5.41, 5.74) is 5.67. The average Bonchev–Trinajstić information content (AvgIpc) is 2.60. The zero-order chi connectivity index (χ0) is 20.7. The lowest BCUT2D eigenvalue weighted by Crippen LogP contribution is -2.68. The molecular weight excluding hydrogens is 397 g/mol. The number of hydrogen-bond acceptors (Lipinski definition) is 12. The van der Waals surface area contributed by atoms with Gasteiger partial charge in [0.25, 0.3) is 0 Å². The van der Waals surface area contributed by atoms with Gasteiger partial charge in [-0.2, -0.15) is 0 Å². The lowest BCUT2D eigenvalue weighted by Gasteiger charge is -2.46. The normalized spacial score (nSPS) is 49.2. The molecule has 27 heavy (non-hydrogen) atoms. The Labute approximate surface area is 152 Å². The number of phosphoric acid groups is 1. The van der Waals surface area contributed by atoms with Crippen LogP contribution in [0, 0.1) is 0 Å². The highest BCUT2D eigenvalue weighted by molar-refractivity contribution is 7.46. The van der Waals surface area contributed by atoms with Gasteiger partial charge in [0.1, 0.15) is 54.9 Å². The quantitative estimate of drug-likeness (QED) is 0.186. The second kappa shape index (κ2) is 8.61. The molecule has 1 aliphatic heterocycles. The van der Waals surface area contributed by atoms with Crippen LogP contribution in [0.2, 0.25) is 0 Å². The first kappa shape index (κ1) is 23.0. The van der Waals surface area contributed by atoms with Crippen molar-refractivity contribution in [3.05, 3.63) is 0 Å². The molecule has 1 saturated carbocycles. The first-order valence-electron chi connectivity index (χ1n) is 7.88. The Morgan fingerprint density at radius 3 is 1.78 bits per heavy atom. The molecule has 0 amide bonds. The van der Waals surface area contributed by atoms with Crippen LogP contribution in [-0.4, -0.2) is 119 Å². The molecule has 11 atom stereocenters. The highest BCUT2D eigenvalue weighted by Gasteiger charge is 2.52. The number of ether oxygens (including phenoxy) is 2. The minimum Gasteiger partial charge on any atom is -0.388 e. The predicted molar refractivity (Wildman–Crippen MR) is 81.6 cm³/mol. The van der Waals surface area contributed by atoms with Crippen LogP contribution in [0.25, 0.3) is 0 Å². The maximum Gasteiger partial charge on any atom is 0.469 e. The van der Waals surface area contributed by atoms with Gasteiger partial charge in [-0.15, -0.1) is 0 Å². The van der Waals surface area contributed by atoms with Crippen molar-refractivity contribution in [1.29, 1.82) is 0 Å². The lowest BCUT2D eigenvalue weighted by molar-refractivity contribution is -0.316. The van der Waals surface area contributed by atoms with E-state index in [-0.39, 0.29) is 0 Å². The minimum absolute atomic E-state index is 0.852. The number of aliphatic hydroxyl groups is 7. The van der Waals surface area contributed by atoms with E-state index in [1.165, 1.54) is 0 Å². The summed E-state index contributed by atoms with van der Waals surface area (Å²) >= 11 is 0. The van der Waals surface area contributed by atoms with E-state index in [4.69, 9.17) is 25.0 Å². The van der Waals surface area contributed by atoms with Gasteiger partial charge in [-0.05, 0) is 0 Å². The van der Waals surface area contributed by atoms with Crippen LogP contribution in [0.3, 0.4) is 0 Å². The zero-order valence-electron chi connectivity index (χ0n) is 13.7. The summed E-state index contributed by atoms with van der Waals surface area (Å²) in [6, 6.07) is -1.44. The molecule has 1 heterocycles. The zero-order valence-corrected chi connectivity index (χ0v) is 14.6. The van der Waals surface area contributed by atoms with Gasteiger partial charge in [-0.25, -0.2) is 4.57 Å². The van der Waals surface area contributed by atoms with Gasteiger partial charge >= 0.3 is 7.82 Å². The molecule has 11 N–H and O–H groups in total. The number of aliphatic hydroxyl groups excluding tert-OH is 7. The summed E-state index contributed by atoms with van der Waals surface area (Å²) in [6.45, 7) is -0.852. The van der Waals surface area contributed by atoms with Crippen LogP contribution < -0.4 is 5.73 Å². The Hall–Kier alpha value is -0.290. The van der Waals surface area contributed by atoms with E-state index in [9.17, 15) is 40.3 Å². The largest absolute Gasteiger partial charge is 0.469 e. The smallest absolute Gasteiger partial charge is 0.388 e. The summed E-state index contributed by atoms with van der Waals surface area (Å²) in [4.78, 5) is 17.4. The van der Waals surface area contributed by atoms with E-state index >= 15 is 0 Å². The van der Waals surface area contributed by atoms with Crippen LogP contribution in [-0.2, 0) is 18.6 Å². The average molecular weight is 421 g/mol. The molecule has 2 unspecified atom stereocenters. The predicted octanol–water partition coefficient (Wildman–Crippen LogP) is -5.93. The third kappa shape index (κ3) is 5.01. The molecule has 0 spiro atoms. The Balaban J connectivity index is 2.12. The van der Waals surface area contributed by atoms with Gasteiger partial charge in [0.15, 0.2) is 6.29 Å². The van der Waals surface area contributed by atoms with Gasteiger partial charge in [0.2, 0.25) is 0 Å². The van der Waals surface area contributed by atoms with Crippen LogP contribution in [0.4, 0.5) is 0 Å². The van der Waals surface area contributed by atoms with Crippen molar-refractivity contribution in [3.63, 3.8) is 0 Å². The molecule has 14 nitrogen and oxygen atoms in total. The fourth-order valence-corrected chi connectivity index (χ4v) is 3.24. The van der Waals surface area contributed by atoms with Gasteiger partial charge in [0.05, 0.1) is 12.6 Å². The molecule has 1 aliphatic carbocycles. The van der Waals surface area contributed by atoms with Gasteiger partial charge in [-0.3, -0.25) is 4.52 Å². The topological polar surface area (TPSA) is 253 Å². The molecule has 2 fully saturated rings. The summed E-state index contributed by atoms with van der Waals surface area (Å²) in [5.74, 6) is 0. The van der Waals surface area contributed by atoms with Crippen molar-refractivity contribution in [1.82, 2.24) is 0 Å². The first-order chi connectivity index (χ1) is 12.3. The van der Waals surface area contributed by atoms with Crippen molar-refractivity contribution in [3.8, 4) is 0 Å². The van der Waals surface area contributed by atoms with E-state index in [1.807, 2.05) is 0 Å². The second-order valence-electron chi connectivity index (χ2n) is 6.44. The summed E-state index contributed by atoms with van der Waals surface area (Å²) in [6.07, 6.45) is -17.6. The van der Waals surface area contributed by atoms with Crippen LogP contribution >= 0.6 is 7.82 Å². The Kier molecular flexibility index (Phi) is 7.33. The minimum atomic E-state index is -4.91. The fourth-order valence-electron chi connectivity index (χ4n) is 2.90.